The summed E-state index contributed by atoms with van der Waals surface area (Å²) in [5.41, 5.74) is 0. The first-order valence-electron chi connectivity index (χ1n) is 7.38. The monoisotopic (exact) mass is 365 g/mol. The Kier molecular flexibility index (Phi) is 7.23. The summed E-state index contributed by atoms with van der Waals surface area (Å²) >= 11 is 0. The van der Waals surface area contributed by atoms with Gasteiger partial charge in [-0.2, -0.15) is 4.72 Å². The van der Waals surface area contributed by atoms with Gasteiger partial charge in [-0.1, -0.05) is 27.2 Å². The number of hydrogen-bond donors (Lipinski definition) is 3. The van der Waals surface area contributed by atoms with Gasteiger partial charge in [-0.05, 0) is 36.6 Å². The van der Waals surface area contributed by atoms with E-state index in [-0.39, 0.29) is 4.90 Å². The van der Waals surface area contributed by atoms with Crippen molar-refractivity contribution in [2.45, 2.75) is 44.3 Å². The molecular formula is C14H24NO6PS. The molecule has 0 saturated heterocycles. The van der Waals surface area contributed by atoms with Crippen LogP contribution in [0.1, 0.15) is 33.6 Å². The predicted octanol–water partition coefficient (Wildman–Crippen LogP) is 2.30. The zero-order valence-electron chi connectivity index (χ0n) is 13.5. The summed E-state index contributed by atoms with van der Waals surface area (Å²) in [6.45, 7) is 5.67. The van der Waals surface area contributed by atoms with Crippen LogP contribution in [0.4, 0.5) is 0 Å². The third-order valence-corrected chi connectivity index (χ3v) is 6.25. The molecule has 3 N–H and O–H groups in total. The Balaban J connectivity index is 2.89. The minimum atomic E-state index is -4.59. The Bertz CT molecular complexity index is 638. The van der Waals surface area contributed by atoms with E-state index in [9.17, 15) is 22.8 Å². The quantitative estimate of drug-likeness (QED) is 0.457. The molecule has 0 bridgehead atoms. The molecule has 0 aromatic heterocycles. The van der Waals surface area contributed by atoms with Gasteiger partial charge in [-0.25, -0.2) is 8.42 Å². The highest BCUT2D eigenvalue weighted by atomic mass is 32.2. The summed E-state index contributed by atoms with van der Waals surface area (Å²) in [6.07, 6.45) is 1.90. The van der Waals surface area contributed by atoms with Gasteiger partial charge in [0.25, 0.3) is 0 Å². The number of sulfonamides is 1. The van der Waals surface area contributed by atoms with Gasteiger partial charge in [0.2, 0.25) is 10.0 Å². The third-order valence-electron chi connectivity index (χ3n) is 3.17. The highest BCUT2D eigenvalue weighted by Crippen LogP contribution is 2.43. The number of nitrogens with one attached hydrogen (secondary N) is 1. The fourth-order valence-corrected chi connectivity index (χ4v) is 4.83. The first-order valence-corrected chi connectivity index (χ1v) is 10.5. The first kappa shape index (κ1) is 20.1. The molecule has 0 radical (unpaired) electrons. The minimum Gasteiger partial charge on any atom is -0.494 e. The fourth-order valence-electron chi connectivity index (χ4n) is 1.87. The van der Waals surface area contributed by atoms with E-state index < -0.39 is 29.3 Å². The van der Waals surface area contributed by atoms with Gasteiger partial charge in [-0.15, -0.1) is 0 Å². The molecule has 0 fully saturated rings. The average Bonchev–Trinajstić information content (AvgIpc) is 2.44. The summed E-state index contributed by atoms with van der Waals surface area (Å²) in [5, 5.41) is 0. The Morgan fingerprint density at radius 3 is 2.22 bits per heavy atom. The van der Waals surface area contributed by atoms with Crippen molar-refractivity contribution in [3.05, 3.63) is 24.3 Å². The molecule has 0 aliphatic rings. The van der Waals surface area contributed by atoms with E-state index >= 15 is 0 Å². The molecule has 132 valence electrons. The van der Waals surface area contributed by atoms with Crippen molar-refractivity contribution >= 4 is 17.6 Å². The predicted molar refractivity (Wildman–Crippen MR) is 87.8 cm³/mol. The number of ether oxygens (including phenoxy) is 1. The Morgan fingerprint density at radius 2 is 1.78 bits per heavy atom. The van der Waals surface area contributed by atoms with Gasteiger partial charge < -0.3 is 14.5 Å². The molecule has 0 aliphatic heterocycles. The molecule has 0 spiro atoms. The van der Waals surface area contributed by atoms with Gasteiger partial charge in [0.05, 0.1) is 11.5 Å². The van der Waals surface area contributed by atoms with Crippen molar-refractivity contribution < 1.29 is 27.5 Å². The summed E-state index contributed by atoms with van der Waals surface area (Å²) in [4.78, 5) is 18.5. The Morgan fingerprint density at radius 1 is 1.22 bits per heavy atom. The highest BCUT2D eigenvalue weighted by molar-refractivity contribution is 7.89. The molecule has 0 heterocycles. The molecule has 1 aromatic rings. The van der Waals surface area contributed by atoms with Crippen molar-refractivity contribution in [2.24, 2.45) is 5.92 Å². The van der Waals surface area contributed by atoms with E-state index in [1.54, 1.807) is 0 Å². The summed E-state index contributed by atoms with van der Waals surface area (Å²) < 4.78 is 43.5. The van der Waals surface area contributed by atoms with Gasteiger partial charge in [0.1, 0.15) is 11.5 Å². The minimum absolute atomic E-state index is 0.0700. The second kappa shape index (κ2) is 8.26. The number of hydrogen-bond acceptors (Lipinski definition) is 4. The second-order valence-electron chi connectivity index (χ2n) is 5.57. The van der Waals surface area contributed by atoms with E-state index in [1.165, 1.54) is 38.1 Å². The van der Waals surface area contributed by atoms with Crippen molar-refractivity contribution in [1.29, 1.82) is 0 Å². The number of rotatable bonds is 9. The fraction of sp³-hybridized carbons (Fsp3) is 0.571. The van der Waals surface area contributed by atoms with Crippen LogP contribution in [0.2, 0.25) is 0 Å². The van der Waals surface area contributed by atoms with Crippen molar-refractivity contribution in [1.82, 2.24) is 4.72 Å². The van der Waals surface area contributed by atoms with Crippen molar-refractivity contribution in [3.63, 3.8) is 0 Å². The molecule has 1 atom stereocenters. The van der Waals surface area contributed by atoms with E-state index in [2.05, 4.69) is 4.72 Å². The molecule has 23 heavy (non-hydrogen) atoms. The number of unbranched alkanes of at least 4 members (excludes halogenated alkanes) is 1. The van der Waals surface area contributed by atoms with Crippen LogP contribution in [0.25, 0.3) is 0 Å². The highest BCUT2D eigenvalue weighted by Gasteiger charge is 2.35. The molecule has 9 heteroatoms. The topological polar surface area (TPSA) is 113 Å². The van der Waals surface area contributed by atoms with Crippen LogP contribution >= 0.6 is 7.60 Å². The van der Waals surface area contributed by atoms with Crippen LogP contribution in [0.5, 0.6) is 5.75 Å². The van der Waals surface area contributed by atoms with E-state index in [1.807, 2.05) is 6.92 Å². The van der Waals surface area contributed by atoms with Crippen molar-refractivity contribution in [2.75, 3.05) is 6.61 Å². The SMILES string of the molecule is CCCCOc1ccc(S(=O)(=O)NC(C(C)C)P(=O)(O)O)cc1. The largest absolute Gasteiger partial charge is 0.494 e. The molecular weight excluding hydrogens is 341 g/mol. The zero-order valence-corrected chi connectivity index (χ0v) is 15.2. The van der Waals surface area contributed by atoms with Crippen LogP contribution in [0.3, 0.4) is 0 Å². The Labute approximate surface area is 137 Å². The lowest BCUT2D eigenvalue weighted by Gasteiger charge is -2.23. The van der Waals surface area contributed by atoms with Crippen LogP contribution in [0.15, 0.2) is 29.2 Å². The Hall–Kier alpha value is -0.920. The van der Waals surface area contributed by atoms with Gasteiger partial charge >= 0.3 is 7.60 Å². The molecule has 0 amide bonds. The third kappa shape index (κ3) is 6.24. The lowest BCUT2D eigenvalue weighted by atomic mass is 10.2. The normalized spacial score (nSPS) is 14.0. The molecule has 0 saturated carbocycles. The maximum Gasteiger partial charge on any atom is 0.343 e. The van der Waals surface area contributed by atoms with Crippen LogP contribution in [-0.2, 0) is 14.6 Å². The molecule has 1 aromatic carbocycles. The maximum absolute atomic E-state index is 12.3. The van der Waals surface area contributed by atoms with Crippen LogP contribution in [-0.4, -0.2) is 30.6 Å². The van der Waals surface area contributed by atoms with E-state index in [0.717, 1.165) is 12.8 Å². The first-order chi connectivity index (χ1) is 10.6. The van der Waals surface area contributed by atoms with Gasteiger partial charge in [0, 0.05) is 0 Å². The molecule has 1 rings (SSSR count). The molecule has 0 aliphatic carbocycles. The second-order valence-corrected chi connectivity index (χ2v) is 9.02. The lowest BCUT2D eigenvalue weighted by Crippen LogP contribution is -2.38. The summed E-state index contributed by atoms with van der Waals surface area (Å²) in [7, 11) is -8.62. The van der Waals surface area contributed by atoms with Crippen LogP contribution in [0, 0.1) is 5.92 Å². The molecule has 1 unspecified atom stereocenters. The van der Waals surface area contributed by atoms with E-state index in [4.69, 9.17) is 4.74 Å². The number of benzene rings is 1. The van der Waals surface area contributed by atoms with Crippen molar-refractivity contribution in [3.8, 4) is 5.75 Å². The summed E-state index contributed by atoms with van der Waals surface area (Å²) in [5.74, 6) is -1.47. The average molecular weight is 365 g/mol. The zero-order chi connectivity index (χ0) is 17.7. The summed E-state index contributed by atoms with van der Waals surface area (Å²) in [6, 6.07) is 5.74. The van der Waals surface area contributed by atoms with Gasteiger partial charge in [-0.3, -0.25) is 4.57 Å². The maximum atomic E-state index is 12.3. The lowest BCUT2D eigenvalue weighted by molar-refractivity contribution is 0.309. The van der Waals surface area contributed by atoms with E-state index in [0.29, 0.717) is 12.4 Å². The molecule has 7 nitrogen and oxygen atoms in total. The van der Waals surface area contributed by atoms with Gasteiger partial charge in [0.15, 0.2) is 0 Å². The smallest absolute Gasteiger partial charge is 0.343 e. The van der Waals surface area contributed by atoms with Crippen LogP contribution < -0.4 is 9.46 Å². The standard InChI is InChI=1S/C14H24NO6PS/c1-4-5-10-21-12-6-8-13(9-7-12)23(19,20)15-14(11(2)3)22(16,17)18/h6-9,11,14-15H,4-5,10H2,1-3H3,(H2,16,17,18).